The summed E-state index contributed by atoms with van der Waals surface area (Å²) in [5, 5.41) is 9.82. The van der Waals surface area contributed by atoms with Crippen LogP contribution >= 0.6 is 24.0 Å². The summed E-state index contributed by atoms with van der Waals surface area (Å²) in [7, 11) is 0. The fraction of sp³-hybridized carbons (Fsp3) is 0.158. The number of nitrogens with one attached hydrogen (secondary N) is 1. The van der Waals surface area contributed by atoms with Crippen LogP contribution in [0, 0.1) is 0 Å². The molecule has 4 nitrogen and oxygen atoms in total. The highest BCUT2D eigenvalue weighted by Crippen LogP contribution is 2.30. The number of nitrogens with zero attached hydrogens (tertiary/aromatic N) is 1. The quantitative estimate of drug-likeness (QED) is 0.639. The van der Waals surface area contributed by atoms with Crippen LogP contribution in [0.1, 0.15) is 23.6 Å². The van der Waals surface area contributed by atoms with Crippen LogP contribution in [0.4, 0.5) is 0 Å². The van der Waals surface area contributed by atoms with Gasteiger partial charge in [0.05, 0.1) is 5.69 Å². The summed E-state index contributed by atoms with van der Waals surface area (Å²) >= 11 is 6.21. The largest absolute Gasteiger partial charge is 0.481 e. The number of carboxylic acids is 1. The highest BCUT2D eigenvalue weighted by atomic mass is 35.5. The lowest BCUT2D eigenvalue weighted by Crippen LogP contribution is -2.13. The van der Waals surface area contributed by atoms with Gasteiger partial charge in [-0.25, -0.2) is 4.98 Å². The van der Waals surface area contributed by atoms with Crippen LogP contribution in [0.25, 0.3) is 11.4 Å². The maximum absolute atomic E-state index is 11.7. The monoisotopic (exact) mass is 376 g/mol. The second kappa shape index (κ2) is 8.70. The molecule has 0 radical (unpaired) electrons. The maximum atomic E-state index is 11.7. The van der Waals surface area contributed by atoms with Crippen molar-refractivity contribution in [3.8, 4) is 11.4 Å². The van der Waals surface area contributed by atoms with E-state index in [0.29, 0.717) is 24.4 Å². The number of hydrogen-bond donors (Lipinski definition) is 2. The number of aromatic amines is 1. The first-order valence-corrected chi connectivity index (χ1v) is 8.10. The smallest absolute Gasteiger partial charge is 0.312 e. The van der Waals surface area contributed by atoms with Crippen LogP contribution in [-0.2, 0) is 11.2 Å². The Kier molecular flexibility index (Phi) is 6.62. The number of halogens is 2. The zero-order valence-electron chi connectivity index (χ0n) is 13.4. The Bertz CT molecular complexity index is 820. The summed E-state index contributed by atoms with van der Waals surface area (Å²) in [5.41, 5.74) is 2.43. The minimum absolute atomic E-state index is 0. The highest BCUT2D eigenvalue weighted by Gasteiger charge is 2.25. The van der Waals surface area contributed by atoms with Crippen molar-refractivity contribution in [3.05, 3.63) is 77.1 Å². The van der Waals surface area contributed by atoms with E-state index in [4.69, 9.17) is 11.6 Å². The van der Waals surface area contributed by atoms with Crippen molar-refractivity contribution < 1.29 is 9.90 Å². The zero-order chi connectivity index (χ0) is 16.9. The van der Waals surface area contributed by atoms with E-state index in [2.05, 4.69) is 9.97 Å². The predicted molar refractivity (Wildman–Crippen MR) is 101 cm³/mol. The molecule has 1 atom stereocenters. The molecule has 0 aliphatic rings. The van der Waals surface area contributed by atoms with Crippen LogP contribution in [0.15, 0.2) is 60.7 Å². The lowest BCUT2D eigenvalue weighted by Gasteiger charge is -2.11. The van der Waals surface area contributed by atoms with Gasteiger partial charge in [0.2, 0.25) is 0 Å². The first-order chi connectivity index (χ1) is 11.6. The number of carboxylic acid groups (broad SMARTS) is 1. The van der Waals surface area contributed by atoms with E-state index in [-0.39, 0.29) is 17.6 Å². The van der Waals surface area contributed by atoms with E-state index in [9.17, 15) is 9.90 Å². The van der Waals surface area contributed by atoms with Gasteiger partial charge in [-0.05, 0) is 18.4 Å². The fourth-order valence-corrected chi connectivity index (χ4v) is 2.94. The lowest BCUT2D eigenvalue weighted by molar-refractivity contribution is -0.139. The van der Waals surface area contributed by atoms with Gasteiger partial charge in [-0.3, -0.25) is 4.79 Å². The maximum Gasteiger partial charge on any atom is 0.312 e. The van der Waals surface area contributed by atoms with E-state index in [1.54, 1.807) is 0 Å². The minimum atomic E-state index is -0.906. The molecule has 1 heterocycles. The number of rotatable bonds is 6. The third-order valence-corrected chi connectivity index (χ3v) is 4.23. The normalized spacial score (nSPS) is 11.6. The Morgan fingerprint density at radius 1 is 1.08 bits per heavy atom. The minimum Gasteiger partial charge on any atom is -0.481 e. The third kappa shape index (κ3) is 4.62. The molecule has 0 saturated heterocycles. The first-order valence-electron chi connectivity index (χ1n) is 7.72. The molecule has 0 amide bonds. The van der Waals surface area contributed by atoms with Crippen molar-refractivity contribution in [1.29, 1.82) is 0 Å². The van der Waals surface area contributed by atoms with Crippen LogP contribution < -0.4 is 0 Å². The Labute approximate surface area is 157 Å². The fourth-order valence-electron chi connectivity index (χ4n) is 2.68. The van der Waals surface area contributed by atoms with E-state index in [1.807, 2.05) is 60.7 Å². The van der Waals surface area contributed by atoms with Crippen molar-refractivity contribution in [1.82, 2.24) is 9.97 Å². The van der Waals surface area contributed by atoms with Gasteiger partial charge in [-0.1, -0.05) is 72.3 Å². The van der Waals surface area contributed by atoms with Crippen molar-refractivity contribution in [2.24, 2.45) is 0 Å². The van der Waals surface area contributed by atoms with Gasteiger partial charge in [0, 0.05) is 5.56 Å². The van der Waals surface area contributed by atoms with E-state index in [0.717, 1.165) is 11.1 Å². The van der Waals surface area contributed by atoms with Gasteiger partial charge < -0.3 is 10.1 Å². The SMILES string of the molecule is Cl.O=C(O)C(CCc1ccccc1)c1[nH]c(-c2ccccc2)nc1Cl. The number of carbonyl (C=O) groups is 1. The molecule has 1 unspecified atom stereocenters. The summed E-state index contributed by atoms with van der Waals surface area (Å²) in [4.78, 5) is 19.1. The molecule has 25 heavy (non-hydrogen) atoms. The van der Waals surface area contributed by atoms with Crippen molar-refractivity contribution >= 4 is 30.0 Å². The second-order valence-corrected chi connectivity index (χ2v) is 5.93. The van der Waals surface area contributed by atoms with Gasteiger partial charge in [0.1, 0.15) is 11.7 Å². The molecule has 0 bridgehead atoms. The average Bonchev–Trinajstić information content (AvgIpc) is 2.98. The second-order valence-electron chi connectivity index (χ2n) is 5.57. The molecule has 6 heteroatoms. The molecule has 0 fully saturated rings. The number of aliphatic carboxylic acids is 1. The highest BCUT2D eigenvalue weighted by molar-refractivity contribution is 6.30. The summed E-state index contributed by atoms with van der Waals surface area (Å²) in [6, 6.07) is 19.3. The number of aryl methyl sites for hydroxylation is 1. The summed E-state index contributed by atoms with van der Waals surface area (Å²) in [6.45, 7) is 0. The molecule has 2 N–H and O–H groups in total. The number of hydrogen-bond acceptors (Lipinski definition) is 2. The Morgan fingerprint density at radius 2 is 1.68 bits per heavy atom. The summed E-state index contributed by atoms with van der Waals surface area (Å²) < 4.78 is 0. The average molecular weight is 377 g/mol. The van der Waals surface area contributed by atoms with Gasteiger partial charge >= 0.3 is 5.97 Å². The number of H-pyrrole nitrogens is 1. The Morgan fingerprint density at radius 3 is 2.28 bits per heavy atom. The molecule has 0 aliphatic heterocycles. The van der Waals surface area contributed by atoms with E-state index in [1.165, 1.54) is 0 Å². The molecule has 0 saturated carbocycles. The van der Waals surface area contributed by atoms with Gasteiger partial charge in [-0.15, -0.1) is 12.4 Å². The number of imidazole rings is 1. The molecular formula is C19H18Cl2N2O2. The topological polar surface area (TPSA) is 66.0 Å². The lowest BCUT2D eigenvalue weighted by atomic mass is 9.97. The zero-order valence-corrected chi connectivity index (χ0v) is 14.9. The molecular weight excluding hydrogens is 359 g/mol. The van der Waals surface area contributed by atoms with Gasteiger partial charge in [0.25, 0.3) is 0 Å². The number of benzene rings is 2. The molecule has 3 aromatic rings. The molecule has 1 aromatic heterocycles. The molecule has 0 aliphatic carbocycles. The molecule has 130 valence electrons. The van der Waals surface area contributed by atoms with E-state index >= 15 is 0 Å². The molecule has 2 aromatic carbocycles. The van der Waals surface area contributed by atoms with Crippen molar-refractivity contribution in [3.63, 3.8) is 0 Å². The summed E-state index contributed by atoms with van der Waals surface area (Å²) in [5.74, 6) is -1.04. The van der Waals surface area contributed by atoms with Gasteiger partial charge in [-0.2, -0.15) is 0 Å². The van der Waals surface area contributed by atoms with Crippen molar-refractivity contribution in [2.75, 3.05) is 0 Å². The Hall–Kier alpha value is -2.30. The third-order valence-electron chi connectivity index (χ3n) is 3.94. The standard InChI is InChI=1S/C19H17ClN2O2.ClH/c20-17-16(21-18(22-17)14-9-5-2-6-10-14)15(19(23)24)12-11-13-7-3-1-4-8-13;/h1-10,15H,11-12H2,(H,21,22)(H,23,24);1H. The van der Waals surface area contributed by atoms with Crippen LogP contribution in [0.5, 0.6) is 0 Å². The Balaban J connectivity index is 0.00000225. The van der Waals surface area contributed by atoms with Gasteiger partial charge in [0.15, 0.2) is 5.15 Å². The van der Waals surface area contributed by atoms with Crippen LogP contribution in [0.2, 0.25) is 5.15 Å². The van der Waals surface area contributed by atoms with Crippen molar-refractivity contribution in [2.45, 2.75) is 18.8 Å². The number of aromatic nitrogens is 2. The molecule has 3 rings (SSSR count). The van der Waals surface area contributed by atoms with Crippen LogP contribution in [-0.4, -0.2) is 21.0 Å². The summed E-state index contributed by atoms with van der Waals surface area (Å²) in [6.07, 6.45) is 1.11. The van der Waals surface area contributed by atoms with E-state index < -0.39 is 11.9 Å². The predicted octanol–water partition coefficient (Wildman–Crippen LogP) is 4.95. The van der Waals surface area contributed by atoms with Crippen LogP contribution in [0.3, 0.4) is 0 Å². The first kappa shape index (κ1) is 19.0. The molecule has 0 spiro atoms.